The first-order valence-corrected chi connectivity index (χ1v) is 8.36. The van der Waals surface area contributed by atoms with Gasteiger partial charge in [0, 0.05) is 6.07 Å². The second kappa shape index (κ2) is 7.68. The molecule has 0 saturated heterocycles. The van der Waals surface area contributed by atoms with Gasteiger partial charge in [-0.1, -0.05) is 6.07 Å². The van der Waals surface area contributed by atoms with Gasteiger partial charge in [0.15, 0.2) is 0 Å². The molecule has 0 heterocycles. The molecule has 1 aromatic rings. The minimum atomic E-state index is -7.69. The maximum absolute atomic E-state index is 13.5. The SMILES string of the molecule is O=[N+]([O-])c1cccc(C(F)(F)F)c1COS(=O)(=O)C(F)(F)C(F)(F)C(F)(F)C(F)(F)F. The van der Waals surface area contributed by atoms with Crippen molar-refractivity contribution in [1.29, 1.82) is 0 Å². The average molecular weight is 503 g/mol. The highest BCUT2D eigenvalue weighted by atomic mass is 32.2. The van der Waals surface area contributed by atoms with Crippen molar-refractivity contribution < 1.29 is 70.2 Å². The van der Waals surface area contributed by atoms with Crippen LogP contribution in [0.15, 0.2) is 18.2 Å². The normalized spacial score (nSPS) is 14.6. The molecule has 0 atom stereocenters. The summed E-state index contributed by atoms with van der Waals surface area (Å²) < 4.78 is 179. The van der Waals surface area contributed by atoms with E-state index in [1.807, 2.05) is 0 Å². The number of nitrogens with zero attached hydrogens (tertiary/aromatic N) is 1. The molecule has 0 radical (unpaired) electrons. The highest BCUT2D eigenvalue weighted by Crippen LogP contribution is 2.55. The van der Waals surface area contributed by atoms with E-state index in [0.29, 0.717) is 6.07 Å². The quantitative estimate of drug-likeness (QED) is 0.229. The Balaban J connectivity index is 3.48. The second-order valence-electron chi connectivity index (χ2n) is 5.44. The Hall–Kier alpha value is -2.31. The molecule has 0 N–H and O–H groups in total. The molecule has 0 aromatic heterocycles. The van der Waals surface area contributed by atoms with Crippen molar-refractivity contribution in [1.82, 2.24) is 0 Å². The van der Waals surface area contributed by atoms with Crippen LogP contribution in [0.25, 0.3) is 0 Å². The third-order valence-corrected chi connectivity index (χ3v) is 4.75. The molecule has 0 aliphatic rings. The zero-order chi connectivity index (χ0) is 24.8. The Morgan fingerprint density at radius 3 is 1.74 bits per heavy atom. The smallest absolute Gasteiger partial charge is 0.260 e. The predicted molar refractivity (Wildman–Crippen MR) is 72.7 cm³/mol. The summed E-state index contributed by atoms with van der Waals surface area (Å²) in [6, 6.07) is 0.750. The van der Waals surface area contributed by atoms with E-state index in [1.54, 1.807) is 0 Å². The zero-order valence-electron chi connectivity index (χ0n) is 13.9. The van der Waals surface area contributed by atoms with E-state index < -0.39 is 67.9 Å². The summed E-state index contributed by atoms with van der Waals surface area (Å²) in [6.45, 7) is -2.43. The van der Waals surface area contributed by atoms with Gasteiger partial charge in [0.1, 0.15) is 0 Å². The van der Waals surface area contributed by atoms with E-state index >= 15 is 0 Å². The van der Waals surface area contributed by atoms with E-state index in [1.165, 1.54) is 0 Å². The van der Waals surface area contributed by atoms with Crippen LogP contribution in [0.2, 0.25) is 0 Å². The molecule has 19 heteroatoms. The van der Waals surface area contributed by atoms with Crippen molar-refractivity contribution >= 4 is 15.8 Å². The fourth-order valence-corrected chi connectivity index (χ4v) is 2.75. The van der Waals surface area contributed by atoms with Gasteiger partial charge in [-0.25, -0.2) is 0 Å². The van der Waals surface area contributed by atoms with Crippen LogP contribution in [0.3, 0.4) is 0 Å². The Morgan fingerprint density at radius 1 is 0.871 bits per heavy atom. The number of halogens is 12. The van der Waals surface area contributed by atoms with Gasteiger partial charge >= 0.3 is 39.6 Å². The highest BCUT2D eigenvalue weighted by molar-refractivity contribution is 7.87. The molecule has 178 valence electrons. The van der Waals surface area contributed by atoms with Crippen LogP contribution in [0.4, 0.5) is 58.4 Å². The summed E-state index contributed by atoms with van der Waals surface area (Å²) in [5, 5.41) is 3.43. The van der Waals surface area contributed by atoms with Gasteiger partial charge in [0.05, 0.1) is 22.7 Å². The summed E-state index contributed by atoms with van der Waals surface area (Å²) in [5.41, 5.74) is -5.49. The fraction of sp³-hybridized carbons (Fsp3) is 0.500. The summed E-state index contributed by atoms with van der Waals surface area (Å²) >= 11 is 0. The molecule has 6 nitrogen and oxygen atoms in total. The predicted octanol–water partition coefficient (Wildman–Crippen LogP) is 4.89. The standard InChI is InChI=1S/C12H5F12NO5S/c13-8(14,15)6-2-1-3-7(25(26)27)5(6)4-30-31(28,29)12(23,24)10(18,19)9(16,17)11(20,21)22/h1-3H,4H2. The first kappa shape index (κ1) is 26.7. The topological polar surface area (TPSA) is 86.5 Å². The monoisotopic (exact) mass is 503 g/mol. The molecule has 0 saturated carbocycles. The van der Waals surface area contributed by atoms with E-state index in [2.05, 4.69) is 4.18 Å². The van der Waals surface area contributed by atoms with Gasteiger partial charge in [-0.2, -0.15) is 61.1 Å². The second-order valence-corrected chi connectivity index (χ2v) is 7.09. The third-order valence-electron chi connectivity index (χ3n) is 3.44. The number of nitro groups is 1. The summed E-state index contributed by atoms with van der Waals surface area (Å²) in [4.78, 5) is 9.17. The number of nitro benzene ring substituents is 1. The van der Waals surface area contributed by atoms with Gasteiger partial charge in [-0.15, -0.1) is 0 Å². The van der Waals surface area contributed by atoms with Crippen molar-refractivity contribution in [3.05, 3.63) is 39.4 Å². The maximum Gasteiger partial charge on any atom is 0.460 e. The zero-order valence-corrected chi connectivity index (χ0v) is 14.7. The number of benzene rings is 1. The number of rotatable bonds is 7. The first-order chi connectivity index (χ1) is 13.5. The molecular weight excluding hydrogens is 498 g/mol. The van der Waals surface area contributed by atoms with Gasteiger partial charge in [-0.3, -0.25) is 14.3 Å². The highest BCUT2D eigenvalue weighted by Gasteiger charge is 2.85. The Bertz CT molecular complexity index is 954. The average Bonchev–Trinajstić information content (AvgIpc) is 2.57. The molecule has 1 rings (SSSR count). The number of hydrogen-bond acceptors (Lipinski definition) is 5. The van der Waals surface area contributed by atoms with Crippen molar-refractivity contribution in [3.63, 3.8) is 0 Å². The maximum atomic E-state index is 13.5. The molecule has 1 aromatic carbocycles. The van der Waals surface area contributed by atoms with Crippen LogP contribution < -0.4 is 0 Å². The van der Waals surface area contributed by atoms with Crippen LogP contribution in [-0.2, 0) is 27.1 Å². The van der Waals surface area contributed by atoms with Gasteiger partial charge in [-0.05, 0) is 6.07 Å². The number of alkyl halides is 12. The Kier molecular flexibility index (Phi) is 6.62. The van der Waals surface area contributed by atoms with Crippen LogP contribution in [0, 0.1) is 10.1 Å². The molecule has 0 spiro atoms. The van der Waals surface area contributed by atoms with Crippen molar-refractivity contribution in [2.75, 3.05) is 0 Å². The lowest BCUT2D eigenvalue weighted by Crippen LogP contribution is -2.63. The van der Waals surface area contributed by atoms with E-state index in [-0.39, 0.29) is 12.1 Å². The lowest BCUT2D eigenvalue weighted by atomic mass is 10.1. The van der Waals surface area contributed by atoms with Gasteiger partial charge in [0.2, 0.25) is 0 Å². The molecule has 0 aliphatic carbocycles. The minimum absolute atomic E-state index is 0.0584. The molecule has 0 bridgehead atoms. The van der Waals surface area contributed by atoms with E-state index in [9.17, 15) is 71.2 Å². The molecule has 0 amide bonds. The Morgan fingerprint density at radius 2 is 1.35 bits per heavy atom. The first-order valence-electron chi connectivity index (χ1n) is 6.95. The van der Waals surface area contributed by atoms with Crippen LogP contribution in [0.5, 0.6) is 0 Å². The van der Waals surface area contributed by atoms with Gasteiger partial charge in [0.25, 0.3) is 5.69 Å². The minimum Gasteiger partial charge on any atom is -0.260 e. The lowest BCUT2D eigenvalue weighted by Gasteiger charge is -2.32. The fourth-order valence-electron chi connectivity index (χ4n) is 1.89. The van der Waals surface area contributed by atoms with Crippen LogP contribution >= 0.6 is 0 Å². The summed E-state index contributed by atoms with van der Waals surface area (Å²) in [7, 11) is -7.52. The summed E-state index contributed by atoms with van der Waals surface area (Å²) in [5.74, 6) is -15.3. The molecule has 0 unspecified atom stereocenters. The summed E-state index contributed by atoms with van der Waals surface area (Å²) in [6.07, 6.45) is -12.9. The van der Waals surface area contributed by atoms with E-state index in [4.69, 9.17) is 0 Å². The largest absolute Gasteiger partial charge is 0.460 e. The van der Waals surface area contributed by atoms with Crippen molar-refractivity contribution in [2.24, 2.45) is 0 Å². The third kappa shape index (κ3) is 4.51. The molecular formula is C12H5F12NO5S. The van der Waals surface area contributed by atoms with Crippen LogP contribution in [0.1, 0.15) is 11.1 Å². The number of hydrogen-bond donors (Lipinski definition) is 0. The lowest BCUT2D eigenvalue weighted by molar-refractivity contribution is -0.386. The van der Waals surface area contributed by atoms with Gasteiger partial charge < -0.3 is 0 Å². The van der Waals surface area contributed by atoms with Crippen molar-refractivity contribution in [2.45, 2.75) is 36.1 Å². The van der Waals surface area contributed by atoms with E-state index in [0.717, 1.165) is 0 Å². The van der Waals surface area contributed by atoms with Crippen molar-refractivity contribution in [3.8, 4) is 0 Å². The van der Waals surface area contributed by atoms with Crippen LogP contribution in [-0.4, -0.2) is 36.6 Å². The molecule has 31 heavy (non-hydrogen) atoms. The molecule has 0 aliphatic heterocycles. The Labute approximate surface area is 162 Å². The molecule has 0 fully saturated rings.